The summed E-state index contributed by atoms with van der Waals surface area (Å²) < 4.78 is 16.6. The molecule has 0 amide bonds. The number of methoxy groups -OCH3 is 2. The number of hydrogen-bond donors (Lipinski definition) is 0. The van der Waals surface area contributed by atoms with Crippen LogP contribution in [-0.2, 0) is 11.3 Å². The van der Waals surface area contributed by atoms with Gasteiger partial charge in [-0.05, 0) is 13.0 Å². The topological polar surface area (TPSA) is 43.8 Å². The number of benzene rings is 1. The minimum Gasteiger partial charge on any atom is -0.497 e. The van der Waals surface area contributed by atoms with Gasteiger partial charge >= 0.3 is 0 Å². The van der Waals surface area contributed by atoms with Crippen LogP contribution in [0, 0.1) is 6.92 Å². The second-order valence-electron chi connectivity index (χ2n) is 5.60. The van der Waals surface area contributed by atoms with Gasteiger partial charge in [-0.3, -0.25) is 4.90 Å². The first-order valence-corrected chi connectivity index (χ1v) is 8.54. The molecule has 124 valence electrons. The molecular formula is C17H22N2O3S. The first-order valence-electron chi connectivity index (χ1n) is 7.66. The third kappa shape index (κ3) is 3.83. The van der Waals surface area contributed by atoms with Crippen LogP contribution in [-0.4, -0.2) is 43.8 Å². The van der Waals surface area contributed by atoms with Crippen LogP contribution in [0.25, 0.3) is 0 Å². The van der Waals surface area contributed by atoms with Crippen LogP contribution in [0.15, 0.2) is 23.6 Å². The van der Waals surface area contributed by atoms with E-state index in [1.54, 1.807) is 25.6 Å². The Balaban J connectivity index is 1.70. The lowest BCUT2D eigenvalue weighted by Crippen LogP contribution is -2.37. The molecule has 1 aromatic heterocycles. The molecule has 1 aliphatic rings. The number of aromatic nitrogens is 1. The molecular weight excluding hydrogens is 312 g/mol. The van der Waals surface area contributed by atoms with E-state index in [9.17, 15) is 0 Å². The third-order valence-corrected chi connectivity index (χ3v) is 5.01. The maximum absolute atomic E-state index is 5.89. The summed E-state index contributed by atoms with van der Waals surface area (Å²) >= 11 is 1.67. The summed E-state index contributed by atoms with van der Waals surface area (Å²) in [5.41, 5.74) is 2.21. The van der Waals surface area contributed by atoms with Crippen LogP contribution in [0.2, 0.25) is 0 Å². The van der Waals surface area contributed by atoms with E-state index in [0.29, 0.717) is 0 Å². The second kappa shape index (κ2) is 7.29. The molecule has 0 unspecified atom stereocenters. The van der Waals surface area contributed by atoms with E-state index in [4.69, 9.17) is 14.2 Å². The van der Waals surface area contributed by atoms with Crippen LogP contribution in [0.3, 0.4) is 0 Å². The standard InChI is InChI=1S/C17H22N2O3S/c1-12-11-23-17(18-12)16-10-19(6-7-22-16)9-13-4-5-14(20-2)8-15(13)21-3/h4-5,8,11,16H,6-7,9-10H2,1-3H3/t16-/m0/s1. The summed E-state index contributed by atoms with van der Waals surface area (Å²) in [6.07, 6.45) is 0.0618. The lowest BCUT2D eigenvalue weighted by molar-refractivity contribution is -0.0332. The van der Waals surface area contributed by atoms with E-state index in [0.717, 1.165) is 54.0 Å². The zero-order valence-corrected chi connectivity index (χ0v) is 14.6. The summed E-state index contributed by atoms with van der Waals surface area (Å²) in [5.74, 6) is 1.67. The maximum Gasteiger partial charge on any atom is 0.127 e. The highest BCUT2D eigenvalue weighted by Gasteiger charge is 2.25. The molecule has 6 heteroatoms. The third-order valence-electron chi connectivity index (χ3n) is 3.95. The van der Waals surface area contributed by atoms with Crippen LogP contribution in [0.1, 0.15) is 22.4 Å². The van der Waals surface area contributed by atoms with Crippen molar-refractivity contribution in [1.29, 1.82) is 0 Å². The van der Waals surface area contributed by atoms with E-state index in [2.05, 4.69) is 21.3 Å². The Labute approximate surface area is 140 Å². The summed E-state index contributed by atoms with van der Waals surface area (Å²) in [7, 11) is 3.36. The first kappa shape index (κ1) is 16.2. The Morgan fingerprint density at radius 2 is 2.22 bits per heavy atom. The predicted molar refractivity (Wildman–Crippen MR) is 90.4 cm³/mol. The van der Waals surface area contributed by atoms with Gasteiger partial charge in [-0.1, -0.05) is 6.07 Å². The quantitative estimate of drug-likeness (QED) is 0.841. The molecule has 0 radical (unpaired) electrons. The van der Waals surface area contributed by atoms with Gasteiger partial charge in [-0.2, -0.15) is 0 Å². The van der Waals surface area contributed by atoms with Crippen molar-refractivity contribution in [1.82, 2.24) is 9.88 Å². The summed E-state index contributed by atoms with van der Waals surface area (Å²) in [6.45, 7) is 5.33. The minimum atomic E-state index is 0.0618. The number of hydrogen-bond acceptors (Lipinski definition) is 6. The molecule has 1 saturated heterocycles. The van der Waals surface area contributed by atoms with E-state index >= 15 is 0 Å². The molecule has 0 spiro atoms. The SMILES string of the molecule is COc1ccc(CN2CCO[C@H](c3nc(C)cs3)C2)c(OC)c1. The van der Waals surface area contributed by atoms with Crippen molar-refractivity contribution >= 4 is 11.3 Å². The molecule has 0 saturated carbocycles. The second-order valence-corrected chi connectivity index (χ2v) is 6.49. The van der Waals surface area contributed by atoms with Crippen LogP contribution in [0.4, 0.5) is 0 Å². The molecule has 23 heavy (non-hydrogen) atoms. The monoisotopic (exact) mass is 334 g/mol. The van der Waals surface area contributed by atoms with Crippen molar-refractivity contribution in [2.24, 2.45) is 0 Å². The molecule has 0 N–H and O–H groups in total. The smallest absolute Gasteiger partial charge is 0.127 e. The Bertz CT molecular complexity index is 659. The molecule has 0 aliphatic carbocycles. The highest BCUT2D eigenvalue weighted by molar-refractivity contribution is 7.09. The number of thiazole rings is 1. The van der Waals surface area contributed by atoms with Crippen LogP contribution < -0.4 is 9.47 Å². The maximum atomic E-state index is 5.89. The molecule has 2 heterocycles. The van der Waals surface area contributed by atoms with Gasteiger partial charge in [0.15, 0.2) is 0 Å². The van der Waals surface area contributed by atoms with E-state index < -0.39 is 0 Å². The van der Waals surface area contributed by atoms with Gasteiger partial charge in [0.1, 0.15) is 22.6 Å². The van der Waals surface area contributed by atoms with Crippen LogP contribution >= 0.6 is 11.3 Å². The van der Waals surface area contributed by atoms with Gasteiger partial charge in [-0.25, -0.2) is 4.98 Å². The molecule has 1 atom stereocenters. The summed E-state index contributed by atoms with van der Waals surface area (Å²) in [6, 6.07) is 5.97. The number of rotatable bonds is 5. The summed E-state index contributed by atoms with van der Waals surface area (Å²) in [4.78, 5) is 6.94. The Morgan fingerprint density at radius 3 is 2.91 bits per heavy atom. The van der Waals surface area contributed by atoms with Gasteiger partial charge in [-0.15, -0.1) is 11.3 Å². The van der Waals surface area contributed by atoms with Gasteiger partial charge in [0.2, 0.25) is 0 Å². The number of nitrogens with zero attached hydrogens (tertiary/aromatic N) is 2. The number of aryl methyl sites for hydroxylation is 1. The lowest BCUT2D eigenvalue weighted by Gasteiger charge is -2.32. The molecule has 1 fully saturated rings. The van der Waals surface area contributed by atoms with Crippen molar-refractivity contribution in [3.63, 3.8) is 0 Å². The van der Waals surface area contributed by atoms with Crippen molar-refractivity contribution in [2.75, 3.05) is 33.9 Å². The fourth-order valence-corrected chi connectivity index (χ4v) is 3.57. The van der Waals surface area contributed by atoms with E-state index in [1.165, 1.54) is 0 Å². The molecule has 5 nitrogen and oxygen atoms in total. The molecule has 1 aromatic carbocycles. The van der Waals surface area contributed by atoms with E-state index in [-0.39, 0.29) is 6.10 Å². The van der Waals surface area contributed by atoms with Crippen molar-refractivity contribution in [3.8, 4) is 11.5 Å². The van der Waals surface area contributed by atoms with Gasteiger partial charge in [0, 0.05) is 42.3 Å². The van der Waals surface area contributed by atoms with Gasteiger partial charge < -0.3 is 14.2 Å². The normalized spacial score (nSPS) is 18.8. The highest BCUT2D eigenvalue weighted by atomic mass is 32.1. The number of morpholine rings is 1. The Morgan fingerprint density at radius 1 is 1.35 bits per heavy atom. The van der Waals surface area contributed by atoms with Crippen molar-refractivity contribution in [2.45, 2.75) is 19.6 Å². The molecule has 2 aromatic rings. The first-order chi connectivity index (χ1) is 11.2. The fraction of sp³-hybridized carbons (Fsp3) is 0.471. The van der Waals surface area contributed by atoms with Crippen LogP contribution in [0.5, 0.6) is 11.5 Å². The van der Waals surface area contributed by atoms with Gasteiger partial charge in [0.05, 0.1) is 20.8 Å². The fourth-order valence-electron chi connectivity index (χ4n) is 2.74. The molecule has 3 rings (SSSR count). The predicted octanol–water partition coefficient (Wildman–Crippen LogP) is 3.04. The average molecular weight is 334 g/mol. The van der Waals surface area contributed by atoms with Gasteiger partial charge in [0.25, 0.3) is 0 Å². The minimum absolute atomic E-state index is 0.0618. The lowest BCUT2D eigenvalue weighted by atomic mass is 10.1. The number of ether oxygens (including phenoxy) is 3. The molecule has 0 bridgehead atoms. The van der Waals surface area contributed by atoms with E-state index in [1.807, 2.05) is 19.1 Å². The van der Waals surface area contributed by atoms with Crippen molar-refractivity contribution in [3.05, 3.63) is 39.8 Å². The largest absolute Gasteiger partial charge is 0.497 e. The zero-order valence-electron chi connectivity index (χ0n) is 13.7. The van der Waals surface area contributed by atoms with Crippen molar-refractivity contribution < 1.29 is 14.2 Å². The zero-order chi connectivity index (χ0) is 16.2. The summed E-state index contributed by atoms with van der Waals surface area (Å²) in [5, 5.41) is 3.14. The average Bonchev–Trinajstić information content (AvgIpc) is 3.02. The Kier molecular flexibility index (Phi) is 5.15. The molecule has 1 aliphatic heterocycles. The Hall–Kier alpha value is -1.63. The highest BCUT2D eigenvalue weighted by Crippen LogP contribution is 2.29.